The smallest absolute Gasteiger partial charge is 0.413 e. The van der Waals surface area contributed by atoms with Crippen LogP contribution < -0.4 is 5.32 Å². The van der Waals surface area contributed by atoms with Gasteiger partial charge in [-0.25, -0.2) is 9.78 Å². The van der Waals surface area contributed by atoms with Crippen molar-refractivity contribution in [1.82, 2.24) is 4.98 Å². The second-order valence-electron chi connectivity index (χ2n) is 4.16. The van der Waals surface area contributed by atoms with Crippen LogP contribution in [0.25, 0.3) is 0 Å². The Morgan fingerprint density at radius 1 is 1.30 bits per heavy atom. The van der Waals surface area contributed by atoms with Crippen molar-refractivity contribution in [3.63, 3.8) is 0 Å². The molecular formula is C16H14N2O2. The number of carbonyl (C=O) groups excluding carboxylic acids is 1. The molecule has 0 bridgehead atoms. The standard InChI is InChI=1S/C16H14N2O2/c1-3-14-9-10-15(17-12(14)2)18-16(19)20-11-13-7-5-4-6-8-13/h1,4-10H,11H2,2H3,(H,17,18,19). The van der Waals surface area contributed by atoms with Gasteiger partial charge in [0.1, 0.15) is 12.4 Å². The largest absolute Gasteiger partial charge is 0.444 e. The number of carbonyl (C=O) groups is 1. The first-order chi connectivity index (χ1) is 9.69. The predicted octanol–water partition coefficient (Wildman–Crippen LogP) is 3.12. The molecule has 1 aromatic carbocycles. The van der Waals surface area contributed by atoms with Crippen molar-refractivity contribution >= 4 is 11.9 Å². The lowest BCUT2D eigenvalue weighted by atomic mass is 10.2. The zero-order valence-electron chi connectivity index (χ0n) is 11.1. The van der Waals surface area contributed by atoms with E-state index < -0.39 is 6.09 Å². The zero-order chi connectivity index (χ0) is 14.4. The summed E-state index contributed by atoms with van der Waals surface area (Å²) in [5.41, 5.74) is 2.32. The maximum atomic E-state index is 11.6. The topological polar surface area (TPSA) is 51.2 Å². The third-order valence-electron chi connectivity index (χ3n) is 2.68. The summed E-state index contributed by atoms with van der Waals surface area (Å²) in [7, 11) is 0. The van der Waals surface area contributed by atoms with Crippen molar-refractivity contribution in [3.8, 4) is 12.3 Å². The number of terminal acetylenes is 1. The lowest BCUT2D eigenvalue weighted by Gasteiger charge is -2.07. The molecule has 1 amide bonds. The molecule has 0 aliphatic carbocycles. The molecular weight excluding hydrogens is 252 g/mol. The van der Waals surface area contributed by atoms with E-state index in [0.29, 0.717) is 17.1 Å². The SMILES string of the molecule is C#Cc1ccc(NC(=O)OCc2ccccc2)nc1C. The van der Waals surface area contributed by atoms with E-state index >= 15 is 0 Å². The normalized spacial score (nSPS) is 9.60. The first-order valence-corrected chi connectivity index (χ1v) is 6.11. The van der Waals surface area contributed by atoms with E-state index in [1.165, 1.54) is 0 Å². The van der Waals surface area contributed by atoms with E-state index in [9.17, 15) is 4.79 Å². The average Bonchev–Trinajstić information content (AvgIpc) is 2.46. The zero-order valence-corrected chi connectivity index (χ0v) is 11.1. The van der Waals surface area contributed by atoms with Gasteiger partial charge in [-0.1, -0.05) is 36.3 Å². The van der Waals surface area contributed by atoms with Crippen LogP contribution in [0.15, 0.2) is 42.5 Å². The highest BCUT2D eigenvalue weighted by atomic mass is 16.5. The molecule has 0 unspecified atom stereocenters. The Labute approximate surface area is 117 Å². The van der Waals surface area contributed by atoms with E-state index in [-0.39, 0.29) is 6.61 Å². The molecule has 0 saturated heterocycles. The van der Waals surface area contributed by atoms with Gasteiger partial charge in [0.15, 0.2) is 0 Å². The summed E-state index contributed by atoms with van der Waals surface area (Å²) in [4.78, 5) is 15.8. The summed E-state index contributed by atoms with van der Waals surface area (Å²) in [6.07, 6.45) is 4.77. The van der Waals surface area contributed by atoms with Crippen LogP contribution in [0.2, 0.25) is 0 Å². The molecule has 2 aromatic rings. The lowest BCUT2D eigenvalue weighted by molar-refractivity contribution is 0.155. The van der Waals surface area contributed by atoms with Gasteiger partial charge in [-0.2, -0.15) is 0 Å². The van der Waals surface area contributed by atoms with Crippen molar-refractivity contribution in [2.75, 3.05) is 5.32 Å². The van der Waals surface area contributed by atoms with Crippen molar-refractivity contribution in [2.24, 2.45) is 0 Å². The molecule has 100 valence electrons. The molecule has 4 nitrogen and oxygen atoms in total. The number of pyridine rings is 1. The Hall–Kier alpha value is -2.80. The fraction of sp³-hybridized carbons (Fsp3) is 0.125. The Morgan fingerprint density at radius 2 is 2.05 bits per heavy atom. The quantitative estimate of drug-likeness (QED) is 0.868. The Kier molecular flexibility index (Phi) is 4.35. The minimum atomic E-state index is -0.547. The number of anilines is 1. The number of aryl methyl sites for hydroxylation is 1. The third kappa shape index (κ3) is 3.59. The number of amides is 1. The van der Waals surface area contributed by atoms with Gasteiger partial charge in [0, 0.05) is 5.56 Å². The Balaban J connectivity index is 1.92. The van der Waals surface area contributed by atoms with E-state index in [2.05, 4.69) is 16.2 Å². The van der Waals surface area contributed by atoms with Crippen molar-refractivity contribution in [2.45, 2.75) is 13.5 Å². The fourth-order valence-electron chi connectivity index (χ4n) is 1.65. The monoisotopic (exact) mass is 266 g/mol. The number of rotatable bonds is 3. The van der Waals surface area contributed by atoms with Crippen molar-refractivity contribution in [3.05, 3.63) is 59.3 Å². The number of hydrogen-bond acceptors (Lipinski definition) is 3. The summed E-state index contributed by atoms with van der Waals surface area (Å²) in [5.74, 6) is 2.93. The molecule has 20 heavy (non-hydrogen) atoms. The van der Waals surface area contributed by atoms with E-state index in [4.69, 9.17) is 11.2 Å². The summed E-state index contributed by atoms with van der Waals surface area (Å²) in [6.45, 7) is 2.00. The van der Waals surface area contributed by atoms with Gasteiger partial charge in [-0.15, -0.1) is 6.42 Å². The van der Waals surface area contributed by atoms with Gasteiger partial charge in [-0.3, -0.25) is 5.32 Å². The molecule has 0 radical (unpaired) electrons. The van der Waals surface area contributed by atoms with Crippen LogP contribution in [0.4, 0.5) is 10.6 Å². The molecule has 0 aliphatic rings. The predicted molar refractivity (Wildman–Crippen MR) is 77.2 cm³/mol. The molecule has 4 heteroatoms. The van der Waals surface area contributed by atoms with E-state index in [0.717, 1.165) is 5.56 Å². The number of ether oxygens (including phenoxy) is 1. The van der Waals surface area contributed by atoms with Crippen LogP contribution in [0, 0.1) is 19.3 Å². The molecule has 2 rings (SSSR count). The van der Waals surface area contributed by atoms with Crippen LogP contribution in [0.5, 0.6) is 0 Å². The molecule has 0 spiro atoms. The maximum absolute atomic E-state index is 11.6. The van der Waals surface area contributed by atoms with Crippen LogP contribution >= 0.6 is 0 Å². The Morgan fingerprint density at radius 3 is 2.70 bits per heavy atom. The first kappa shape index (κ1) is 13.6. The molecule has 0 atom stereocenters. The van der Waals surface area contributed by atoms with E-state index in [1.807, 2.05) is 30.3 Å². The van der Waals surface area contributed by atoms with Gasteiger partial charge in [0.05, 0.1) is 5.69 Å². The minimum absolute atomic E-state index is 0.216. The van der Waals surface area contributed by atoms with E-state index in [1.54, 1.807) is 19.1 Å². The van der Waals surface area contributed by atoms with Gasteiger partial charge in [0.2, 0.25) is 0 Å². The van der Waals surface area contributed by atoms with Crippen LogP contribution in [-0.2, 0) is 11.3 Å². The molecule has 1 N–H and O–H groups in total. The molecule has 0 fully saturated rings. The first-order valence-electron chi connectivity index (χ1n) is 6.11. The summed E-state index contributed by atoms with van der Waals surface area (Å²) >= 11 is 0. The van der Waals surface area contributed by atoms with Crippen LogP contribution in [-0.4, -0.2) is 11.1 Å². The summed E-state index contributed by atoms with van der Waals surface area (Å²) < 4.78 is 5.10. The Bertz CT molecular complexity index is 645. The molecule has 0 aliphatic heterocycles. The highest BCUT2D eigenvalue weighted by Crippen LogP contribution is 2.10. The van der Waals surface area contributed by atoms with Crippen LogP contribution in [0.1, 0.15) is 16.8 Å². The third-order valence-corrected chi connectivity index (χ3v) is 2.68. The fourth-order valence-corrected chi connectivity index (χ4v) is 1.65. The van der Waals surface area contributed by atoms with Gasteiger partial charge < -0.3 is 4.74 Å². The summed E-state index contributed by atoms with van der Waals surface area (Å²) in [6, 6.07) is 12.8. The highest BCUT2D eigenvalue weighted by molar-refractivity contribution is 5.83. The highest BCUT2D eigenvalue weighted by Gasteiger charge is 2.06. The second-order valence-corrected chi connectivity index (χ2v) is 4.16. The molecule has 1 aromatic heterocycles. The van der Waals surface area contributed by atoms with Gasteiger partial charge >= 0.3 is 6.09 Å². The second kappa shape index (κ2) is 6.39. The lowest BCUT2D eigenvalue weighted by Crippen LogP contribution is -2.14. The van der Waals surface area contributed by atoms with Crippen molar-refractivity contribution in [1.29, 1.82) is 0 Å². The summed E-state index contributed by atoms with van der Waals surface area (Å²) in [5, 5.41) is 2.56. The number of nitrogens with zero attached hydrogens (tertiary/aromatic N) is 1. The van der Waals surface area contributed by atoms with Crippen molar-refractivity contribution < 1.29 is 9.53 Å². The molecule has 1 heterocycles. The number of benzene rings is 1. The number of hydrogen-bond donors (Lipinski definition) is 1. The van der Waals surface area contributed by atoms with Gasteiger partial charge in [0.25, 0.3) is 0 Å². The average molecular weight is 266 g/mol. The molecule has 0 saturated carbocycles. The number of nitrogens with one attached hydrogen (secondary N) is 1. The van der Waals surface area contributed by atoms with Crippen LogP contribution in [0.3, 0.4) is 0 Å². The number of aromatic nitrogens is 1. The van der Waals surface area contributed by atoms with Gasteiger partial charge in [-0.05, 0) is 24.6 Å². The minimum Gasteiger partial charge on any atom is -0.444 e. The maximum Gasteiger partial charge on any atom is 0.413 e.